The van der Waals surface area contributed by atoms with Gasteiger partial charge in [-0.25, -0.2) is 9.97 Å². The van der Waals surface area contributed by atoms with Gasteiger partial charge < -0.3 is 15.4 Å². The number of rotatable bonds is 6. The number of nitrogens with zero attached hydrogens (tertiary/aromatic N) is 3. The predicted octanol–water partition coefficient (Wildman–Crippen LogP) is 3.98. The van der Waals surface area contributed by atoms with Crippen LogP contribution in [0.3, 0.4) is 0 Å². The summed E-state index contributed by atoms with van der Waals surface area (Å²) >= 11 is 0.860. The van der Waals surface area contributed by atoms with Crippen LogP contribution < -0.4 is 15.4 Å². The molecular weight excluding hydrogens is 539 g/mol. The molecule has 0 aliphatic carbocycles. The molecular formula is C15H16F6IN5OS. The Morgan fingerprint density at radius 1 is 1.17 bits per heavy atom. The van der Waals surface area contributed by atoms with E-state index in [9.17, 15) is 26.3 Å². The minimum absolute atomic E-state index is 0. The summed E-state index contributed by atoms with van der Waals surface area (Å²) in [6.45, 7) is -1.25. The van der Waals surface area contributed by atoms with E-state index in [1.54, 1.807) is 6.07 Å². The van der Waals surface area contributed by atoms with Crippen LogP contribution in [0.2, 0.25) is 0 Å². The van der Waals surface area contributed by atoms with Crippen molar-refractivity contribution in [1.29, 1.82) is 0 Å². The highest BCUT2D eigenvalue weighted by Crippen LogP contribution is 2.29. The molecule has 0 saturated carbocycles. The number of aliphatic imine (C=N–C) groups is 1. The highest BCUT2D eigenvalue weighted by molar-refractivity contribution is 14.0. The highest BCUT2D eigenvalue weighted by Gasteiger charge is 2.33. The SMILES string of the molecule is CN=C(NCc1ccnc(OCC(F)(F)F)c1)NCc1nc(C(F)(F)F)cs1.I. The third-order valence-corrected chi connectivity index (χ3v) is 3.96. The Balaban J connectivity index is 0.00000420. The number of alkyl halides is 6. The van der Waals surface area contributed by atoms with Gasteiger partial charge in [0.2, 0.25) is 5.88 Å². The Morgan fingerprint density at radius 3 is 2.45 bits per heavy atom. The van der Waals surface area contributed by atoms with E-state index in [2.05, 4.69) is 30.3 Å². The van der Waals surface area contributed by atoms with Crippen molar-refractivity contribution in [3.8, 4) is 5.88 Å². The van der Waals surface area contributed by atoms with Gasteiger partial charge in [-0.15, -0.1) is 35.3 Å². The average Bonchev–Trinajstić information content (AvgIpc) is 3.09. The number of pyridine rings is 1. The van der Waals surface area contributed by atoms with Gasteiger partial charge in [-0.05, 0) is 11.6 Å². The summed E-state index contributed by atoms with van der Waals surface area (Å²) in [5, 5.41) is 6.83. The second-order valence-corrected chi connectivity index (χ2v) is 6.25. The van der Waals surface area contributed by atoms with Crippen molar-refractivity contribution in [2.24, 2.45) is 4.99 Å². The Labute approximate surface area is 182 Å². The van der Waals surface area contributed by atoms with Crippen LogP contribution >= 0.6 is 35.3 Å². The van der Waals surface area contributed by atoms with E-state index >= 15 is 0 Å². The average molecular weight is 555 g/mol. The van der Waals surface area contributed by atoms with E-state index in [0.29, 0.717) is 5.56 Å². The summed E-state index contributed by atoms with van der Waals surface area (Å²) in [7, 11) is 1.46. The maximum Gasteiger partial charge on any atom is 0.434 e. The lowest BCUT2D eigenvalue weighted by Gasteiger charge is -2.12. The van der Waals surface area contributed by atoms with Gasteiger partial charge >= 0.3 is 12.4 Å². The summed E-state index contributed by atoms with van der Waals surface area (Å²) < 4.78 is 78.7. The van der Waals surface area contributed by atoms with Crippen molar-refractivity contribution in [1.82, 2.24) is 20.6 Å². The van der Waals surface area contributed by atoms with Crippen molar-refractivity contribution in [2.75, 3.05) is 13.7 Å². The molecule has 29 heavy (non-hydrogen) atoms. The molecule has 14 heteroatoms. The number of hydrogen-bond donors (Lipinski definition) is 2. The predicted molar refractivity (Wildman–Crippen MR) is 105 cm³/mol. The molecule has 0 spiro atoms. The number of thiazole rings is 1. The Hall–Kier alpha value is -1.84. The fourth-order valence-electron chi connectivity index (χ4n) is 1.88. The molecule has 0 saturated heterocycles. The van der Waals surface area contributed by atoms with Crippen LogP contribution in [0.15, 0.2) is 28.7 Å². The topological polar surface area (TPSA) is 71.4 Å². The van der Waals surface area contributed by atoms with E-state index in [0.717, 1.165) is 16.7 Å². The van der Waals surface area contributed by atoms with Crippen molar-refractivity contribution >= 4 is 41.3 Å². The second-order valence-electron chi connectivity index (χ2n) is 5.31. The summed E-state index contributed by atoms with van der Waals surface area (Å²) in [6.07, 6.45) is -7.67. The largest absolute Gasteiger partial charge is 0.468 e. The molecule has 2 N–H and O–H groups in total. The van der Waals surface area contributed by atoms with Crippen LogP contribution in [0, 0.1) is 0 Å². The van der Waals surface area contributed by atoms with E-state index in [1.165, 1.54) is 19.3 Å². The minimum Gasteiger partial charge on any atom is -0.468 e. The first-order valence-electron chi connectivity index (χ1n) is 7.67. The number of guanidine groups is 1. The molecule has 0 bridgehead atoms. The fraction of sp³-hybridized carbons (Fsp3) is 0.400. The third-order valence-electron chi connectivity index (χ3n) is 3.12. The zero-order valence-electron chi connectivity index (χ0n) is 14.8. The number of ether oxygens (including phenoxy) is 1. The van der Waals surface area contributed by atoms with Crippen LogP contribution in [0.4, 0.5) is 26.3 Å². The molecule has 0 amide bonds. The monoisotopic (exact) mass is 555 g/mol. The number of nitrogens with one attached hydrogen (secondary N) is 2. The molecule has 0 fully saturated rings. The number of hydrogen-bond acceptors (Lipinski definition) is 5. The lowest BCUT2D eigenvalue weighted by atomic mass is 10.2. The maximum atomic E-state index is 12.5. The quantitative estimate of drug-likeness (QED) is 0.244. The van der Waals surface area contributed by atoms with Crippen molar-refractivity contribution in [2.45, 2.75) is 25.4 Å². The molecule has 0 atom stereocenters. The van der Waals surface area contributed by atoms with Crippen LogP contribution in [0.25, 0.3) is 0 Å². The van der Waals surface area contributed by atoms with Crippen molar-refractivity contribution in [3.05, 3.63) is 40.0 Å². The first-order chi connectivity index (χ1) is 13.1. The molecule has 6 nitrogen and oxygen atoms in total. The van der Waals surface area contributed by atoms with Crippen molar-refractivity contribution < 1.29 is 31.1 Å². The fourth-order valence-corrected chi connectivity index (χ4v) is 2.62. The highest BCUT2D eigenvalue weighted by atomic mass is 127. The second kappa shape index (κ2) is 10.8. The first kappa shape index (κ1) is 25.2. The Kier molecular flexibility index (Phi) is 9.38. The molecule has 0 aromatic carbocycles. The minimum atomic E-state index is -4.50. The summed E-state index contributed by atoms with van der Waals surface area (Å²) in [4.78, 5) is 11.1. The van der Waals surface area contributed by atoms with E-state index in [-0.39, 0.29) is 53.9 Å². The lowest BCUT2D eigenvalue weighted by Crippen LogP contribution is -2.36. The zero-order chi connectivity index (χ0) is 20.8. The van der Waals surface area contributed by atoms with Crippen LogP contribution in [0.1, 0.15) is 16.3 Å². The molecule has 0 radical (unpaired) electrons. The van der Waals surface area contributed by atoms with E-state index < -0.39 is 24.7 Å². The summed E-state index contributed by atoms with van der Waals surface area (Å²) in [6, 6.07) is 2.90. The van der Waals surface area contributed by atoms with Crippen LogP contribution in [-0.4, -0.2) is 35.8 Å². The molecule has 0 aliphatic rings. The van der Waals surface area contributed by atoms with Gasteiger partial charge in [-0.3, -0.25) is 4.99 Å². The van der Waals surface area contributed by atoms with Gasteiger partial charge in [-0.1, -0.05) is 0 Å². The first-order valence-corrected chi connectivity index (χ1v) is 8.55. The van der Waals surface area contributed by atoms with Crippen LogP contribution in [-0.2, 0) is 19.3 Å². The van der Waals surface area contributed by atoms with Gasteiger partial charge in [0.05, 0.1) is 6.54 Å². The van der Waals surface area contributed by atoms with Gasteiger partial charge in [-0.2, -0.15) is 26.3 Å². The third kappa shape index (κ3) is 9.01. The molecule has 2 aromatic heterocycles. The summed E-state index contributed by atoms with van der Waals surface area (Å²) in [5.41, 5.74) is -0.385. The Morgan fingerprint density at radius 2 is 1.86 bits per heavy atom. The van der Waals surface area contributed by atoms with E-state index in [1.807, 2.05) is 0 Å². The van der Waals surface area contributed by atoms with Gasteiger partial charge in [0, 0.05) is 31.2 Å². The molecule has 2 aromatic rings. The van der Waals surface area contributed by atoms with E-state index in [4.69, 9.17) is 0 Å². The summed E-state index contributed by atoms with van der Waals surface area (Å²) in [5.74, 6) is 0.0976. The molecule has 2 heterocycles. The molecule has 2 rings (SSSR count). The zero-order valence-corrected chi connectivity index (χ0v) is 17.9. The number of halogens is 7. The molecule has 0 unspecified atom stereocenters. The van der Waals surface area contributed by atoms with Crippen molar-refractivity contribution in [3.63, 3.8) is 0 Å². The smallest absolute Gasteiger partial charge is 0.434 e. The Bertz CT molecular complexity index is 811. The van der Waals surface area contributed by atoms with Gasteiger partial charge in [0.1, 0.15) is 5.01 Å². The lowest BCUT2D eigenvalue weighted by molar-refractivity contribution is -0.154. The maximum absolute atomic E-state index is 12.5. The van der Waals surface area contributed by atoms with Gasteiger partial charge in [0.15, 0.2) is 18.3 Å². The number of aromatic nitrogens is 2. The molecule has 162 valence electrons. The molecule has 0 aliphatic heterocycles. The van der Waals surface area contributed by atoms with Gasteiger partial charge in [0.25, 0.3) is 0 Å². The standard InChI is InChI=1S/C15H15F6N5OS.HI/c1-22-13(25-6-12-26-10(7-28-12)15(19,20)21)24-5-9-2-3-23-11(4-9)27-8-14(16,17)18;/h2-4,7H,5-6,8H2,1H3,(H2,22,24,25);1H. The normalized spacial score (nSPS) is 12.3. The van der Waals surface area contributed by atoms with Crippen LogP contribution in [0.5, 0.6) is 5.88 Å².